The Bertz CT molecular complexity index is 583. The number of hydrogen-bond acceptors (Lipinski definition) is 2. The Morgan fingerprint density at radius 2 is 2.14 bits per heavy atom. The van der Waals surface area contributed by atoms with E-state index < -0.39 is 0 Å². The van der Waals surface area contributed by atoms with Gasteiger partial charge in [0.1, 0.15) is 5.82 Å². The van der Waals surface area contributed by atoms with E-state index in [1.807, 2.05) is 18.5 Å². The second-order valence-corrected chi connectivity index (χ2v) is 6.30. The van der Waals surface area contributed by atoms with Crippen molar-refractivity contribution in [3.8, 4) is 0 Å². The summed E-state index contributed by atoms with van der Waals surface area (Å²) in [5.41, 5.74) is 1.17. The number of nitrogens with one attached hydrogen (secondary N) is 1. The van der Waals surface area contributed by atoms with Gasteiger partial charge >= 0.3 is 0 Å². The fourth-order valence-corrected chi connectivity index (χ4v) is 2.86. The lowest BCUT2D eigenvalue weighted by Crippen LogP contribution is -2.26. The van der Waals surface area contributed by atoms with Crippen LogP contribution in [0.5, 0.6) is 0 Å². The number of halogens is 2. The Hall–Kier alpha value is -0.840. The molecule has 1 aromatic heterocycles. The van der Waals surface area contributed by atoms with Crippen molar-refractivity contribution in [3.63, 3.8) is 0 Å². The van der Waals surface area contributed by atoms with Gasteiger partial charge in [-0.1, -0.05) is 31.5 Å². The molecular formula is C16H21BrClN3. The molecule has 21 heavy (non-hydrogen) atoms. The highest BCUT2D eigenvalue weighted by molar-refractivity contribution is 9.10. The summed E-state index contributed by atoms with van der Waals surface area (Å²) in [6, 6.07) is 6.14. The van der Waals surface area contributed by atoms with Gasteiger partial charge in [-0.05, 0) is 53.0 Å². The molecule has 0 saturated heterocycles. The van der Waals surface area contributed by atoms with Crippen LogP contribution in [-0.2, 0) is 6.54 Å². The Morgan fingerprint density at radius 1 is 1.33 bits per heavy atom. The van der Waals surface area contributed by atoms with Crippen LogP contribution in [0.25, 0.3) is 0 Å². The summed E-state index contributed by atoms with van der Waals surface area (Å²) in [6.45, 7) is 6.27. The third-order valence-corrected chi connectivity index (χ3v) is 4.56. The Balaban J connectivity index is 2.37. The maximum Gasteiger partial charge on any atom is 0.130 e. The summed E-state index contributed by atoms with van der Waals surface area (Å²) in [7, 11) is 0. The largest absolute Gasteiger partial charge is 0.333 e. The molecule has 0 bridgehead atoms. The monoisotopic (exact) mass is 369 g/mol. The zero-order chi connectivity index (χ0) is 15.2. The van der Waals surface area contributed by atoms with Crippen LogP contribution in [0.2, 0.25) is 5.02 Å². The molecule has 0 aliphatic heterocycles. The number of hydrogen-bond donors (Lipinski definition) is 1. The number of rotatable bonds is 7. The van der Waals surface area contributed by atoms with E-state index in [1.165, 1.54) is 5.56 Å². The quantitative estimate of drug-likeness (QED) is 0.759. The van der Waals surface area contributed by atoms with Crippen molar-refractivity contribution in [2.75, 3.05) is 6.54 Å². The van der Waals surface area contributed by atoms with Crippen molar-refractivity contribution >= 4 is 27.5 Å². The molecule has 1 heterocycles. The summed E-state index contributed by atoms with van der Waals surface area (Å²) >= 11 is 9.62. The molecule has 1 unspecified atom stereocenters. The fraction of sp³-hybridized carbons (Fsp3) is 0.438. The van der Waals surface area contributed by atoms with Crippen molar-refractivity contribution in [2.45, 2.75) is 39.3 Å². The third kappa shape index (κ3) is 4.09. The SMILES string of the molecule is CCCNC(c1ccc(Cl)c(Br)c1)c1nccn1CCC. The lowest BCUT2D eigenvalue weighted by atomic mass is 10.1. The van der Waals surface area contributed by atoms with Gasteiger partial charge in [-0.15, -0.1) is 0 Å². The van der Waals surface area contributed by atoms with E-state index in [-0.39, 0.29) is 6.04 Å². The van der Waals surface area contributed by atoms with Gasteiger partial charge in [0.25, 0.3) is 0 Å². The minimum atomic E-state index is 0.0834. The van der Waals surface area contributed by atoms with Crippen LogP contribution in [0.1, 0.15) is 44.1 Å². The van der Waals surface area contributed by atoms with Gasteiger partial charge in [-0.25, -0.2) is 4.98 Å². The molecular weight excluding hydrogens is 350 g/mol. The molecule has 3 nitrogen and oxygen atoms in total. The summed E-state index contributed by atoms with van der Waals surface area (Å²) in [6.07, 6.45) is 6.09. The van der Waals surface area contributed by atoms with Crippen molar-refractivity contribution < 1.29 is 0 Å². The van der Waals surface area contributed by atoms with E-state index in [4.69, 9.17) is 11.6 Å². The molecule has 5 heteroatoms. The second kappa shape index (κ2) is 7.97. The van der Waals surface area contributed by atoms with Crippen LogP contribution >= 0.6 is 27.5 Å². The van der Waals surface area contributed by atoms with Crippen LogP contribution in [0, 0.1) is 0 Å². The fourth-order valence-electron chi connectivity index (χ4n) is 2.35. The lowest BCUT2D eigenvalue weighted by molar-refractivity contribution is 0.530. The maximum atomic E-state index is 6.11. The number of nitrogens with zero attached hydrogens (tertiary/aromatic N) is 2. The average Bonchev–Trinajstić information content (AvgIpc) is 2.92. The second-order valence-electron chi connectivity index (χ2n) is 5.04. The molecule has 0 amide bonds. The van der Waals surface area contributed by atoms with Crippen LogP contribution in [0.4, 0.5) is 0 Å². The van der Waals surface area contributed by atoms with E-state index in [0.717, 1.165) is 41.3 Å². The molecule has 0 aliphatic carbocycles. The van der Waals surface area contributed by atoms with Gasteiger partial charge in [-0.3, -0.25) is 0 Å². The average molecular weight is 371 g/mol. The first-order valence-electron chi connectivity index (χ1n) is 7.36. The van der Waals surface area contributed by atoms with Crippen molar-refractivity contribution in [1.82, 2.24) is 14.9 Å². The minimum absolute atomic E-state index is 0.0834. The summed E-state index contributed by atoms with van der Waals surface area (Å²) in [4.78, 5) is 4.57. The van der Waals surface area contributed by atoms with Gasteiger partial charge in [0, 0.05) is 23.4 Å². The highest BCUT2D eigenvalue weighted by Crippen LogP contribution is 2.28. The van der Waals surface area contributed by atoms with E-state index >= 15 is 0 Å². The predicted molar refractivity (Wildman–Crippen MR) is 91.8 cm³/mol. The van der Waals surface area contributed by atoms with Crippen molar-refractivity contribution in [1.29, 1.82) is 0 Å². The molecule has 2 aromatic rings. The van der Waals surface area contributed by atoms with Crippen molar-refractivity contribution in [3.05, 3.63) is 51.5 Å². The zero-order valence-corrected chi connectivity index (χ0v) is 14.8. The molecule has 1 N–H and O–H groups in total. The minimum Gasteiger partial charge on any atom is -0.333 e. The molecule has 0 fully saturated rings. The first kappa shape index (κ1) is 16.5. The Labute approximate surface area is 139 Å². The lowest BCUT2D eigenvalue weighted by Gasteiger charge is -2.20. The summed E-state index contributed by atoms with van der Waals surface area (Å²) in [5, 5.41) is 4.31. The standard InChI is InChI=1S/C16H21BrClN3/c1-3-7-19-15(12-5-6-14(18)13(17)11-12)16-20-8-10-21(16)9-4-2/h5-6,8,10-11,15,19H,3-4,7,9H2,1-2H3. The maximum absolute atomic E-state index is 6.11. The van der Waals surface area contributed by atoms with Gasteiger partial charge in [0.05, 0.1) is 11.1 Å². The van der Waals surface area contributed by atoms with Crippen LogP contribution < -0.4 is 5.32 Å². The highest BCUT2D eigenvalue weighted by atomic mass is 79.9. The Morgan fingerprint density at radius 3 is 2.81 bits per heavy atom. The van der Waals surface area contributed by atoms with E-state index in [0.29, 0.717) is 0 Å². The Kier molecular flexibility index (Phi) is 6.27. The number of imidazole rings is 1. The van der Waals surface area contributed by atoms with Crippen LogP contribution in [0.3, 0.4) is 0 Å². The van der Waals surface area contributed by atoms with Gasteiger partial charge in [0.2, 0.25) is 0 Å². The van der Waals surface area contributed by atoms with Gasteiger partial charge < -0.3 is 9.88 Å². The topological polar surface area (TPSA) is 29.9 Å². The van der Waals surface area contributed by atoms with Crippen molar-refractivity contribution in [2.24, 2.45) is 0 Å². The molecule has 0 spiro atoms. The van der Waals surface area contributed by atoms with Crippen LogP contribution in [-0.4, -0.2) is 16.1 Å². The van der Waals surface area contributed by atoms with Gasteiger partial charge in [0.15, 0.2) is 0 Å². The molecule has 2 rings (SSSR count). The first-order valence-corrected chi connectivity index (χ1v) is 8.53. The summed E-state index contributed by atoms with van der Waals surface area (Å²) in [5.74, 6) is 1.06. The molecule has 0 saturated carbocycles. The number of aromatic nitrogens is 2. The predicted octanol–water partition coefficient (Wildman–Crippen LogP) is 4.80. The molecule has 1 aromatic carbocycles. The third-order valence-electron chi connectivity index (χ3n) is 3.35. The molecule has 0 aliphatic rings. The molecule has 1 atom stereocenters. The zero-order valence-electron chi connectivity index (χ0n) is 12.4. The van der Waals surface area contributed by atoms with E-state index in [9.17, 15) is 0 Å². The van der Waals surface area contributed by atoms with E-state index in [1.54, 1.807) is 0 Å². The normalized spacial score (nSPS) is 12.6. The number of aryl methyl sites for hydroxylation is 1. The molecule has 0 radical (unpaired) electrons. The van der Waals surface area contributed by atoms with Crippen LogP contribution in [0.15, 0.2) is 35.1 Å². The summed E-state index contributed by atoms with van der Waals surface area (Å²) < 4.78 is 3.13. The molecule has 114 valence electrons. The van der Waals surface area contributed by atoms with Gasteiger partial charge in [-0.2, -0.15) is 0 Å². The highest BCUT2D eigenvalue weighted by Gasteiger charge is 2.19. The smallest absolute Gasteiger partial charge is 0.130 e. The number of benzene rings is 1. The van der Waals surface area contributed by atoms with E-state index in [2.05, 4.69) is 56.8 Å². The first-order chi connectivity index (χ1) is 10.2.